The van der Waals surface area contributed by atoms with E-state index in [9.17, 15) is 8.42 Å². The number of nitrogens with one attached hydrogen (secondary N) is 1. The number of hydrogen-bond acceptors (Lipinski definition) is 3. The first-order valence-corrected chi connectivity index (χ1v) is 9.53. The van der Waals surface area contributed by atoms with Gasteiger partial charge in [-0.25, -0.2) is 13.1 Å². The Hall–Kier alpha value is -0.330. The van der Waals surface area contributed by atoms with Crippen molar-refractivity contribution in [2.75, 3.05) is 19.4 Å². The lowest BCUT2D eigenvalue weighted by atomic mass is 9.89. The summed E-state index contributed by atoms with van der Waals surface area (Å²) in [5.74, 6) is 0.108. The van der Waals surface area contributed by atoms with Crippen LogP contribution in [-0.2, 0) is 14.8 Å². The monoisotopic (exact) mass is 351 g/mol. The van der Waals surface area contributed by atoms with Gasteiger partial charge in [0, 0.05) is 19.1 Å². The van der Waals surface area contributed by atoms with Crippen molar-refractivity contribution in [2.24, 2.45) is 0 Å². The zero-order valence-electron chi connectivity index (χ0n) is 11.8. The van der Waals surface area contributed by atoms with Crippen molar-refractivity contribution in [2.45, 2.75) is 31.3 Å². The Kier molecular flexibility index (Phi) is 5.91. The Morgan fingerprint density at radius 1 is 1.29 bits per heavy atom. The lowest BCUT2D eigenvalue weighted by molar-refractivity contribution is 0.0498. The molecule has 2 rings (SSSR count). The van der Waals surface area contributed by atoms with Crippen LogP contribution in [0.3, 0.4) is 0 Å². The summed E-state index contributed by atoms with van der Waals surface area (Å²) in [6, 6.07) is 5.54. The van der Waals surface area contributed by atoms with E-state index in [0.717, 1.165) is 31.1 Å². The van der Waals surface area contributed by atoms with Crippen LogP contribution >= 0.6 is 23.2 Å². The maximum Gasteiger partial charge on any atom is 0.208 e. The average Bonchev–Trinajstić information content (AvgIpc) is 2.64. The Morgan fingerprint density at radius 2 is 2.05 bits per heavy atom. The maximum atomic E-state index is 11.3. The fourth-order valence-corrected chi connectivity index (χ4v) is 3.34. The molecule has 1 aliphatic rings. The molecule has 1 aromatic rings. The smallest absolute Gasteiger partial charge is 0.208 e. The van der Waals surface area contributed by atoms with Gasteiger partial charge in [0.25, 0.3) is 0 Å². The summed E-state index contributed by atoms with van der Waals surface area (Å²) >= 11 is 12.0. The molecule has 0 amide bonds. The van der Waals surface area contributed by atoms with Crippen molar-refractivity contribution >= 4 is 33.2 Å². The molecular weight excluding hydrogens is 333 g/mol. The van der Waals surface area contributed by atoms with E-state index in [1.807, 2.05) is 12.1 Å². The van der Waals surface area contributed by atoms with Gasteiger partial charge in [0.05, 0.1) is 22.4 Å². The van der Waals surface area contributed by atoms with Crippen LogP contribution in [0, 0.1) is 0 Å². The van der Waals surface area contributed by atoms with Crippen LogP contribution in [-0.4, -0.2) is 33.9 Å². The Bertz CT molecular complexity index is 592. The van der Waals surface area contributed by atoms with Gasteiger partial charge in [-0.1, -0.05) is 35.7 Å². The molecule has 0 aliphatic carbocycles. The molecule has 4 nitrogen and oxygen atoms in total. The third-order valence-corrected chi connectivity index (χ3v) is 5.04. The summed E-state index contributed by atoms with van der Waals surface area (Å²) in [6.07, 6.45) is 3.92. The molecular formula is C14H19Cl2NO3S. The molecule has 1 N–H and O–H groups in total. The van der Waals surface area contributed by atoms with Gasteiger partial charge >= 0.3 is 0 Å². The van der Waals surface area contributed by atoms with Crippen LogP contribution in [0.5, 0.6) is 0 Å². The van der Waals surface area contributed by atoms with Crippen molar-refractivity contribution in [1.29, 1.82) is 0 Å². The summed E-state index contributed by atoms with van der Waals surface area (Å²) < 4.78 is 31.0. The third kappa shape index (κ3) is 5.11. The lowest BCUT2D eigenvalue weighted by Gasteiger charge is -2.25. The first kappa shape index (κ1) is 17.0. The molecule has 0 aromatic heterocycles. The van der Waals surface area contributed by atoms with E-state index in [2.05, 4.69) is 4.72 Å². The summed E-state index contributed by atoms with van der Waals surface area (Å²) in [5.41, 5.74) is 1.03. The van der Waals surface area contributed by atoms with Gasteiger partial charge in [-0.15, -0.1) is 0 Å². The molecule has 118 valence electrons. The molecule has 1 unspecified atom stereocenters. The van der Waals surface area contributed by atoms with Gasteiger partial charge < -0.3 is 4.74 Å². The van der Waals surface area contributed by atoms with Gasteiger partial charge in [0.2, 0.25) is 10.0 Å². The number of halogens is 2. The first-order valence-electron chi connectivity index (χ1n) is 6.88. The molecule has 1 aromatic carbocycles. The van der Waals surface area contributed by atoms with Gasteiger partial charge in [0.15, 0.2) is 0 Å². The van der Waals surface area contributed by atoms with E-state index >= 15 is 0 Å². The molecule has 0 bridgehead atoms. The summed E-state index contributed by atoms with van der Waals surface area (Å²) in [6.45, 7) is 0.914. The molecule has 1 aliphatic heterocycles. The summed E-state index contributed by atoms with van der Waals surface area (Å²) in [7, 11) is -3.23. The molecule has 7 heteroatoms. The van der Waals surface area contributed by atoms with Gasteiger partial charge in [0.1, 0.15) is 0 Å². The largest absolute Gasteiger partial charge is 0.376 e. The van der Waals surface area contributed by atoms with E-state index < -0.39 is 10.0 Å². The SMILES string of the molecule is CS(=O)(=O)NC[C@H]1OCCCCC1c1ccc(Cl)c(Cl)c1. The van der Waals surface area contributed by atoms with Gasteiger partial charge in [-0.2, -0.15) is 0 Å². The number of hydrogen-bond donors (Lipinski definition) is 1. The molecule has 21 heavy (non-hydrogen) atoms. The highest BCUT2D eigenvalue weighted by atomic mass is 35.5. The van der Waals surface area contributed by atoms with Gasteiger partial charge in [-0.05, 0) is 30.5 Å². The Labute approximate surface area is 135 Å². The minimum absolute atomic E-state index is 0.108. The highest BCUT2D eigenvalue weighted by Gasteiger charge is 2.27. The number of ether oxygens (including phenoxy) is 1. The lowest BCUT2D eigenvalue weighted by Crippen LogP contribution is -2.36. The zero-order valence-corrected chi connectivity index (χ0v) is 14.1. The van der Waals surface area contributed by atoms with Gasteiger partial charge in [-0.3, -0.25) is 0 Å². The van der Waals surface area contributed by atoms with Crippen LogP contribution < -0.4 is 4.72 Å². The van der Waals surface area contributed by atoms with Crippen LogP contribution in [0.2, 0.25) is 10.0 Å². The van der Waals surface area contributed by atoms with Crippen LogP contribution in [0.25, 0.3) is 0 Å². The third-order valence-electron chi connectivity index (χ3n) is 3.61. The quantitative estimate of drug-likeness (QED) is 0.905. The van der Waals surface area contributed by atoms with E-state index in [1.165, 1.54) is 0 Å². The molecule has 0 saturated carbocycles. The molecule has 1 heterocycles. The molecule has 1 saturated heterocycles. The fourth-order valence-electron chi connectivity index (χ4n) is 2.56. The highest BCUT2D eigenvalue weighted by molar-refractivity contribution is 7.88. The molecule has 0 radical (unpaired) electrons. The average molecular weight is 352 g/mol. The fraction of sp³-hybridized carbons (Fsp3) is 0.571. The van der Waals surface area contributed by atoms with Crippen molar-refractivity contribution < 1.29 is 13.2 Å². The van der Waals surface area contributed by atoms with Crippen molar-refractivity contribution in [3.05, 3.63) is 33.8 Å². The van der Waals surface area contributed by atoms with Crippen molar-refractivity contribution in [3.8, 4) is 0 Å². The van der Waals surface area contributed by atoms with E-state index in [-0.39, 0.29) is 18.6 Å². The summed E-state index contributed by atoms with van der Waals surface area (Å²) in [4.78, 5) is 0. The zero-order chi connectivity index (χ0) is 15.5. The second kappa shape index (κ2) is 7.29. The predicted octanol–water partition coefficient (Wildman–Crippen LogP) is 3.20. The van der Waals surface area contributed by atoms with Crippen LogP contribution in [0.4, 0.5) is 0 Å². The van der Waals surface area contributed by atoms with E-state index in [1.54, 1.807) is 6.07 Å². The number of rotatable bonds is 4. The number of sulfonamides is 1. The Balaban J connectivity index is 2.20. The topological polar surface area (TPSA) is 55.4 Å². The van der Waals surface area contributed by atoms with Crippen molar-refractivity contribution in [3.63, 3.8) is 0 Å². The minimum Gasteiger partial charge on any atom is -0.376 e. The number of benzene rings is 1. The second-order valence-electron chi connectivity index (χ2n) is 5.31. The second-order valence-corrected chi connectivity index (χ2v) is 7.95. The van der Waals surface area contributed by atoms with E-state index in [4.69, 9.17) is 27.9 Å². The van der Waals surface area contributed by atoms with Crippen molar-refractivity contribution in [1.82, 2.24) is 4.72 Å². The molecule has 0 spiro atoms. The first-order chi connectivity index (χ1) is 9.87. The molecule has 1 fully saturated rings. The minimum atomic E-state index is -3.23. The maximum absolute atomic E-state index is 11.3. The van der Waals surface area contributed by atoms with E-state index in [0.29, 0.717) is 16.7 Å². The summed E-state index contributed by atoms with van der Waals surface area (Å²) in [5, 5.41) is 1.02. The standard InChI is InChI=1S/C14H19Cl2NO3S/c1-21(18,19)17-9-14-11(4-2-3-7-20-14)10-5-6-12(15)13(16)8-10/h5-6,8,11,14,17H,2-4,7,9H2,1H3/t11?,14-/m1/s1. The normalized spacial score (nSPS) is 23.8. The van der Waals surface area contributed by atoms with Crippen LogP contribution in [0.15, 0.2) is 18.2 Å². The predicted molar refractivity (Wildman–Crippen MR) is 85.6 cm³/mol. The Morgan fingerprint density at radius 3 is 2.71 bits per heavy atom. The molecule has 2 atom stereocenters. The highest BCUT2D eigenvalue weighted by Crippen LogP contribution is 2.33. The van der Waals surface area contributed by atoms with Crippen LogP contribution in [0.1, 0.15) is 30.7 Å².